The van der Waals surface area contributed by atoms with Crippen molar-refractivity contribution in [3.63, 3.8) is 0 Å². The van der Waals surface area contributed by atoms with Crippen molar-refractivity contribution in [2.24, 2.45) is 17.8 Å². The molecule has 3 aromatic heterocycles. The Morgan fingerprint density at radius 1 is 1.21 bits per heavy atom. The lowest BCUT2D eigenvalue weighted by Crippen LogP contribution is -2.51. The molecule has 3 saturated carbocycles. The molecule has 3 aliphatic carbocycles. The van der Waals surface area contributed by atoms with Gasteiger partial charge in [-0.1, -0.05) is 11.6 Å². The maximum Gasteiger partial charge on any atom is 0.182 e. The molecule has 29 heavy (non-hydrogen) atoms. The standard InChI is InChI=1S/C20H20ClFN6O/c1-9(29)15-10-2-4-11(5-3-10)16(15)25-19-14(21)8-24-20(26-19)17-13-6-12(22)7-23-18(13)28-27-17/h6-8,10-11,15-16H,2-5H2,1H3,(H,23,27,28)(H,24,25,26)/t10?,11?,15-,16?/m1/s1. The van der Waals surface area contributed by atoms with E-state index in [0.29, 0.717) is 45.2 Å². The van der Waals surface area contributed by atoms with Crippen LogP contribution in [0.25, 0.3) is 22.6 Å². The summed E-state index contributed by atoms with van der Waals surface area (Å²) in [6.45, 7) is 1.67. The van der Waals surface area contributed by atoms with E-state index in [1.54, 1.807) is 6.92 Å². The number of rotatable bonds is 4. The number of fused-ring (bicyclic) bond motifs is 4. The van der Waals surface area contributed by atoms with Crippen molar-refractivity contribution in [2.75, 3.05) is 5.32 Å². The number of halogens is 2. The van der Waals surface area contributed by atoms with Crippen molar-refractivity contribution >= 4 is 34.2 Å². The van der Waals surface area contributed by atoms with Crippen LogP contribution in [-0.2, 0) is 4.79 Å². The van der Waals surface area contributed by atoms with Gasteiger partial charge in [0.1, 0.15) is 28.1 Å². The summed E-state index contributed by atoms with van der Waals surface area (Å²) < 4.78 is 13.7. The second kappa shape index (κ2) is 7.02. The van der Waals surface area contributed by atoms with Crippen LogP contribution in [0.1, 0.15) is 32.6 Å². The van der Waals surface area contributed by atoms with Crippen LogP contribution < -0.4 is 5.32 Å². The Hall–Kier alpha value is -2.61. The van der Waals surface area contributed by atoms with Crippen molar-refractivity contribution in [1.29, 1.82) is 0 Å². The summed E-state index contributed by atoms with van der Waals surface area (Å²) in [4.78, 5) is 25.2. The van der Waals surface area contributed by atoms with Crippen molar-refractivity contribution in [2.45, 2.75) is 38.6 Å². The first kappa shape index (κ1) is 18.4. The molecule has 0 saturated heterocycles. The summed E-state index contributed by atoms with van der Waals surface area (Å²) >= 11 is 6.38. The Morgan fingerprint density at radius 2 is 1.97 bits per heavy atom. The van der Waals surface area contributed by atoms with E-state index in [0.717, 1.165) is 31.9 Å². The first-order valence-electron chi connectivity index (χ1n) is 9.81. The van der Waals surface area contributed by atoms with Gasteiger partial charge in [0, 0.05) is 12.0 Å². The second-order valence-electron chi connectivity index (χ2n) is 7.99. The number of H-pyrrole nitrogens is 1. The maximum atomic E-state index is 13.7. The van der Waals surface area contributed by atoms with Crippen LogP contribution in [0.3, 0.4) is 0 Å². The van der Waals surface area contributed by atoms with E-state index in [4.69, 9.17) is 11.6 Å². The second-order valence-corrected chi connectivity index (χ2v) is 8.40. The number of pyridine rings is 1. The molecular weight excluding hydrogens is 395 g/mol. The molecule has 2 bridgehead atoms. The molecular formula is C20H20ClFN6O. The number of aromatic amines is 1. The Morgan fingerprint density at radius 3 is 2.72 bits per heavy atom. The molecule has 3 heterocycles. The number of hydrogen-bond donors (Lipinski definition) is 2. The molecule has 0 amide bonds. The number of carbonyl (C=O) groups is 1. The van der Waals surface area contributed by atoms with E-state index in [1.165, 1.54) is 12.3 Å². The first-order valence-corrected chi connectivity index (χ1v) is 10.2. The van der Waals surface area contributed by atoms with Crippen LogP contribution in [0.2, 0.25) is 5.02 Å². The lowest BCUT2D eigenvalue weighted by Gasteiger charge is -2.48. The minimum absolute atomic E-state index is 0.00953. The summed E-state index contributed by atoms with van der Waals surface area (Å²) in [6.07, 6.45) is 7.05. The van der Waals surface area contributed by atoms with Crippen LogP contribution in [0.5, 0.6) is 0 Å². The zero-order chi connectivity index (χ0) is 20.1. The number of aromatic nitrogens is 5. The number of anilines is 1. The predicted octanol–water partition coefficient (Wildman–Crippen LogP) is 4.01. The Bertz CT molecular complexity index is 1090. The van der Waals surface area contributed by atoms with E-state index < -0.39 is 5.82 Å². The van der Waals surface area contributed by atoms with Gasteiger partial charge >= 0.3 is 0 Å². The van der Waals surface area contributed by atoms with Gasteiger partial charge in [0.15, 0.2) is 11.5 Å². The average Bonchev–Trinajstić information content (AvgIpc) is 3.13. The molecule has 150 valence electrons. The molecule has 3 aliphatic rings. The smallest absolute Gasteiger partial charge is 0.182 e. The third-order valence-electron chi connectivity index (χ3n) is 6.33. The SMILES string of the molecule is CC(=O)[C@@H]1C2CCC(CC2)C1Nc1nc(-c2n[nH]c3ncc(F)cc23)ncc1Cl. The zero-order valence-corrected chi connectivity index (χ0v) is 16.6. The Labute approximate surface area is 171 Å². The third kappa shape index (κ3) is 3.15. The number of ketones is 1. The highest BCUT2D eigenvalue weighted by Crippen LogP contribution is 2.47. The van der Waals surface area contributed by atoms with Gasteiger partial charge in [-0.2, -0.15) is 5.10 Å². The molecule has 9 heteroatoms. The minimum Gasteiger partial charge on any atom is -0.365 e. The lowest BCUT2D eigenvalue weighted by atomic mass is 9.60. The fourth-order valence-electron chi connectivity index (χ4n) is 5.03. The van der Waals surface area contributed by atoms with Crippen molar-refractivity contribution < 1.29 is 9.18 Å². The fourth-order valence-corrected chi connectivity index (χ4v) is 5.18. The summed E-state index contributed by atoms with van der Waals surface area (Å²) in [7, 11) is 0. The summed E-state index contributed by atoms with van der Waals surface area (Å²) in [5, 5.41) is 11.3. The number of nitrogens with zero attached hydrogens (tertiary/aromatic N) is 4. The molecule has 0 aromatic carbocycles. The van der Waals surface area contributed by atoms with Crippen molar-refractivity contribution in [1.82, 2.24) is 25.1 Å². The van der Waals surface area contributed by atoms with Crippen LogP contribution in [0, 0.1) is 23.6 Å². The monoisotopic (exact) mass is 414 g/mol. The zero-order valence-electron chi connectivity index (χ0n) is 15.8. The van der Waals surface area contributed by atoms with Gasteiger partial charge in [0.05, 0.1) is 17.8 Å². The van der Waals surface area contributed by atoms with E-state index in [2.05, 4.69) is 30.5 Å². The fraction of sp³-hybridized carbons (Fsp3) is 0.450. The lowest BCUT2D eigenvalue weighted by molar-refractivity contribution is -0.126. The highest BCUT2D eigenvalue weighted by molar-refractivity contribution is 6.32. The minimum atomic E-state index is -0.463. The van der Waals surface area contributed by atoms with Crippen LogP contribution in [0.15, 0.2) is 18.5 Å². The largest absolute Gasteiger partial charge is 0.365 e. The summed E-state index contributed by atoms with van der Waals surface area (Å²) in [5.41, 5.74) is 0.857. The number of nitrogens with one attached hydrogen (secondary N) is 2. The van der Waals surface area contributed by atoms with E-state index in [9.17, 15) is 9.18 Å². The van der Waals surface area contributed by atoms with Gasteiger partial charge in [0.2, 0.25) is 0 Å². The van der Waals surface area contributed by atoms with Crippen molar-refractivity contribution in [3.05, 3.63) is 29.3 Å². The van der Waals surface area contributed by atoms with E-state index in [-0.39, 0.29) is 17.7 Å². The highest BCUT2D eigenvalue weighted by Gasteiger charge is 2.46. The normalized spacial score (nSPS) is 26.0. The average molecular weight is 415 g/mol. The molecule has 0 spiro atoms. The Balaban J connectivity index is 1.51. The van der Waals surface area contributed by atoms with Gasteiger partial charge < -0.3 is 5.32 Å². The van der Waals surface area contributed by atoms with Crippen LogP contribution >= 0.6 is 11.6 Å². The van der Waals surface area contributed by atoms with Gasteiger partial charge in [-0.3, -0.25) is 9.89 Å². The summed E-state index contributed by atoms with van der Waals surface area (Å²) in [6, 6.07) is 1.35. The highest BCUT2D eigenvalue weighted by atomic mass is 35.5. The quantitative estimate of drug-likeness (QED) is 0.669. The van der Waals surface area contributed by atoms with Crippen LogP contribution in [-0.4, -0.2) is 37.0 Å². The predicted molar refractivity (Wildman–Crippen MR) is 107 cm³/mol. The summed E-state index contributed by atoms with van der Waals surface area (Å²) in [5.74, 6) is 1.35. The van der Waals surface area contributed by atoms with Crippen molar-refractivity contribution in [3.8, 4) is 11.5 Å². The molecule has 2 atom stereocenters. The number of carbonyl (C=O) groups excluding carboxylic acids is 1. The van der Waals surface area contributed by atoms with Gasteiger partial charge in [-0.25, -0.2) is 19.3 Å². The van der Waals surface area contributed by atoms with Crippen LogP contribution in [0.4, 0.5) is 10.2 Å². The maximum absolute atomic E-state index is 13.7. The van der Waals surface area contributed by atoms with Gasteiger partial charge in [-0.15, -0.1) is 0 Å². The molecule has 6 rings (SSSR count). The van der Waals surface area contributed by atoms with E-state index >= 15 is 0 Å². The topological polar surface area (TPSA) is 96.5 Å². The molecule has 1 unspecified atom stereocenters. The number of hydrogen-bond acceptors (Lipinski definition) is 6. The van der Waals surface area contributed by atoms with Gasteiger partial charge in [-0.05, 0) is 50.5 Å². The number of Topliss-reactive ketones (excluding diaryl/α,β-unsaturated/α-hetero) is 1. The first-order chi connectivity index (χ1) is 14.0. The molecule has 2 N–H and O–H groups in total. The third-order valence-corrected chi connectivity index (χ3v) is 6.61. The van der Waals surface area contributed by atoms with E-state index in [1.807, 2.05) is 0 Å². The molecule has 3 aromatic rings. The molecule has 0 radical (unpaired) electrons. The molecule has 3 fully saturated rings. The Kier molecular flexibility index (Phi) is 4.46. The molecule has 0 aliphatic heterocycles. The van der Waals surface area contributed by atoms with Gasteiger partial charge in [0.25, 0.3) is 0 Å². The molecule has 7 nitrogen and oxygen atoms in total.